The third kappa shape index (κ3) is 6.09. The van der Waals surface area contributed by atoms with Gasteiger partial charge in [-0.2, -0.15) is 21.6 Å². The molecule has 1 aromatic carbocycles. The molecule has 0 heterocycles. The molecule has 0 spiro atoms. The van der Waals surface area contributed by atoms with E-state index in [1.165, 1.54) is 19.3 Å². The summed E-state index contributed by atoms with van der Waals surface area (Å²) in [5.74, 6) is -0.161. The van der Waals surface area contributed by atoms with Crippen molar-refractivity contribution in [2.45, 2.75) is 49.3 Å². The number of hydrogen-bond acceptors (Lipinski definition) is 5. The highest BCUT2D eigenvalue weighted by atomic mass is 32.3. The average Bonchev–Trinajstić information content (AvgIpc) is 2.62. The van der Waals surface area contributed by atoms with E-state index < -0.39 is 39.1 Å². The maximum absolute atomic E-state index is 12.8. The van der Waals surface area contributed by atoms with E-state index in [9.17, 15) is 31.8 Å². The molecule has 5 nitrogen and oxygen atoms in total. The number of alkyl halides is 3. The Morgan fingerprint density at radius 1 is 0.964 bits per heavy atom. The summed E-state index contributed by atoms with van der Waals surface area (Å²) >= 11 is 0. The quantitative estimate of drug-likeness (QED) is 0.566. The topological polar surface area (TPSA) is 83.8 Å². The first-order valence-electron chi connectivity index (χ1n) is 9.22. The maximum atomic E-state index is 12.8. The Hall–Kier alpha value is -0.810. The second-order valence-electron chi connectivity index (χ2n) is 7.01. The van der Waals surface area contributed by atoms with Gasteiger partial charge in [0.05, 0.1) is 13.2 Å². The van der Waals surface area contributed by atoms with Crippen molar-refractivity contribution in [3.05, 3.63) is 35.4 Å². The van der Waals surface area contributed by atoms with Crippen LogP contribution in [0.1, 0.15) is 49.1 Å². The molecule has 1 aromatic rings. The molecule has 28 heavy (non-hydrogen) atoms. The first-order valence-corrected chi connectivity index (χ1v) is 12.7. The van der Waals surface area contributed by atoms with Crippen LogP contribution in [0.25, 0.3) is 0 Å². The molecule has 2 N–H and O–H groups in total. The summed E-state index contributed by atoms with van der Waals surface area (Å²) in [6, 6.07) is 7.38. The molecule has 1 aliphatic carbocycles. The van der Waals surface area contributed by atoms with Crippen molar-refractivity contribution in [3.63, 3.8) is 0 Å². The van der Waals surface area contributed by atoms with Crippen LogP contribution in [-0.4, -0.2) is 48.9 Å². The van der Waals surface area contributed by atoms with E-state index in [0.29, 0.717) is 11.5 Å². The number of rotatable bonds is 9. The monoisotopic (exact) mass is 444 g/mol. The normalized spacial score (nSPS) is 17.6. The Balaban J connectivity index is 2.24. The molecular weight excluding hydrogens is 417 g/mol. The number of halogens is 3. The van der Waals surface area contributed by atoms with Crippen LogP contribution in [0.2, 0.25) is 0 Å². The lowest BCUT2D eigenvalue weighted by atomic mass is 9.84. The van der Waals surface area contributed by atoms with Crippen molar-refractivity contribution in [2.75, 3.05) is 24.7 Å². The second kappa shape index (κ2) is 9.80. The molecule has 0 saturated heterocycles. The van der Waals surface area contributed by atoms with Crippen molar-refractivity contribution >= 4 is 20.4 Å². The molecule has 0 radical (unpaired) electrons. The van der Waals surface area contributed by atoms with Gasteiger partial charge in [-0.15, -0.1) is 10.3 Å². The van der Waals surface area contributed by atoms with Crippen LogP contribution in [0.15, 0.2) is 24.3 Å². The molecular formula is C18H27F3O5S2. The predicted octanol–water partition coefficient (Wildman–Crippen LogP) is 3.80. The summed E-state index contributed by atoms with van der Waals surface area (Å²) in [7, 11) is -8.77. The second-order valence-corrected chi connectivity index (χ2v) is 12.0. The van der Waals surface area contributed by atoms with Crippen LogP contribution in [0, 0.1) is 0 Å². The van der Waals surface area contributed by atoms with Crippen LogP contribution in [0.3, 0.4) is 0 Å². The van der Waals surface area contributed by atoms with E-state index in [4.69, 9.17) is 0 Å². The zero-order valence-corrected chi connectivity index (χ0v) is 17.2. The third-order valence-electron chi connectivity index (χ3n) is 4.93. The Morgan fingerprint density at radius 3 is 1.96 bits per heavy atom. The van der Waals surface area contributed by atoms with Crippen LogP contribution < -0.4 is 0 Å². The molecule has 0 amide bonds. The fourth-order valence-electron chi connectivity index (χ4n) is 3.53. The Kier molecular flexibility index (Phi) is 8.21. The zero-order valence-electron chi connectivity index (χ0n) is 15.5. The summed E-state index contributed by atoms with van der Waals surface area (Å²) in [6.45, 7) is -1.08. The Bertz CT molecular complexity index is 708. The maximum Gasteiger partial charge on any atom is 0.523 e. The van der Waals surface area contributed by atoms with Gasteiger partial charge in [0.25, 0.3) is 0 Å². The molecule has 0 aromatic heterocycles. The van der Waals surface area contributed by atoms with Crippen molar-refractivity contribution in [2.24, 2.45) is 0 Å². The van der Waals surface area contributed by atoms with Gasteiger partial charge in [0.15, 0.2) is 0 Å². The van der Waals surface area contributed by atoms with Crippen LogP contribution in [-0.2, 0) is 19.5 Å². The van der Waals surface area contributed by atoms with Gasteiger partial charge in [0.1, 0.15) is 0 Å². The molecule has 10 heteroatoms. The minimum atomic E-state index is -5.83. The zero-order chi connectivity index (χ0) is 20.8. The number of aliphatic hydroxyl groups is 2. The number of benzene rings is 1. The van der Waals surface area contributed by atoms with Crippen molar-refractivity contribution in [1.29, 1.82) is 0 Å². The predicted molar refractivity (Wildman–Crippen MR) is 104 cm³/mol. The van der Waals surface area contributed by atoms with Crippen LogP contribution in [0.5, 0.6) is 0 Å². The van der Waals surface area contributed by atoms with E-state index in [1.54, 1.807) is 12.1 Å². The number of hydrogen-bond donors (Lipinski definition) is 2. The smallest absolute Gasteiger partial charge is 0.395 e. The molecule has 0 atom stereocenters. The molecule has 0 unspecified atom stereocenters. The highest BCUT2D eigenvalue weighted by Crippen LogP contribution is 2.54. The minimum absolute atomic E-state index is 0.0889. The van der Waals surface area contributed by atoms with Gasteiger partial charge in [-0.25, -0.2) is 3.63 Å². The summed E-state index contributed by atoms with van der Waals surface area (Å²) in [5.41, 5.74) is -3.77. The fraction of sp³-hybridized carbons (Fsp3) is 0.667. The highest BCUT2D eigenvalue weighted by molar-refractivity contribution is 8.32. The van der Waals surface area contributed by atoms with Gasteiger partial charge < -0.3 is 10.2 Å². The van der Waals surface area contributed by atoms with E-state index in [1.807, 2.05) is 12.1 Å². The Morgan fingerprint density at radius 2 is 1.50 bits per heavy atom. The summed E-state index contributed by atoms with van der Waals surface area (Å²) in [5, 5.41) is 18.6. The molecule has 0 bridgehead atoms. The largest absolute Gasteiger partial charge is 0.523 e. The lowest BCUT2D eigenvalue weighted by molar-refractivity contribution is -0.0496. The van der Waals surface area contributed by atoms with Gasteiger partial charge in [-0.1, -0.05) is 43.5 Å². The molecule has 0 aliphatic heterocycles. The van der Waals surface area contributed by atoms with E-state index >= 15 is 0 Å². The average molecular weight is 445 g/mol. The van der Waals surface area contributed by atoms with Gasteiger partial charge in [-0.3, -0.25) is 0 Å². The summed E-state index contributed by atoms with van der Waals surface area (Å²) in [6.07, 6.45) is 5.80. The van der Waals surface area contributed by atoms with Gasteiger partial charge in [-0.05, 0) is 29.9 Å². The standard InChI is InChI=1S/C18H27F3O5S2/c19-18(20,21)28(24,25)26-27(12-10-22,13-11-23)14-15-6-8-17(9-7-15)16-4-2-1-3-5-16/h6-9,16,22-23H,1-5,10-14H2. The molecule has 1 saturated carbocycles. The van der Waals surface area contributed by atoms with Crippen molar-refractivity contribution in [1.82, 2.24) is 0 Å². The molecule has 1 aliphatic rings. The molecule has 2 rings (SSSR count). The van der Waals surface area contributed by atoms with Crippen LogP contribution >= 0.6 is 10.3 Å². The van der Waals surface area contributed by atoms with Gasteiger partial charge >= 0.3 is 15.6 Å². The van der Waals surface area contributed by atoms with E-state index in [2.05, 4.69) is 3.63 Å². The molecule has 1 fully saturated rings. The van der Waals surface area contributed by atoms with Crippen LogP contribution in [0.4, 0.5) is 13.2 Å². The number of aliphatic hydroxyl groups excluding tert-OH is 2. The van der Waals surface area contributed by atoms with Crippen molar-refractivity contribution < 1.29 is 35.4 Å². The highest BCUT2D eigenvalue weighted by Gasteiger charge is 2.50. The van der Waals surface area contributed by atoms with Gasteiger partial charge in [0.2, 0.25) is 0 Å². The lowest BCUT2D eigenvalue weighted by Crippen LogP contribution is -2.30. The van der Waals surface area contributed by atoms with Gasteiger partial charge in [0, 0.05) is 17.3 Å². The Labute approximate surface area is 165 Å². The third-order valence-corrected chi connectivity index (χ3v) is 10.1. The first kappa shape index (κ1) is 23.5. The fourth-order valence-corrected chi connectivity index (χ4v) is 8.05. The lowest BCUT2D eigenvalue weighted by Gasteiger charge is -2.37. The minimum Gasteiger partial charge on any atom is -0.395 e. The summed E-state index contributed by atoms with van der Waals surface area (Å²) < 4.78 is 66.2. The SMILES string of the molecule is O=S(=O)(OS(CCO)(CCO)Cc1ccc(C2CCCCC2)cc1)C(F)(F)F. The van der Waals surface area contributed by atoms with Crippen molar-refractivity contribution in [3.8, 4) is 0 Å². The van der Waals surface area contributed by atoms with E-state index in [-0.39, 0.29) is 17.3 Å². The molecule has 162 valence electrons. The first-order chi connectivity index (χ1) is 13.1. The summed E-state index contributed by atoms with van der Waals surface area (Å²) in [4.78, 5) is 0. The van der Waals surface area contributed by atoms with E-state index in [0.717, 1.165) is 18.4 Å².